The predicted molar refractivity (Wildman–Crippen MR) is 55.8 cm³/mol. The van der Waals surface area contributed by atoms with Gasteiger partial charge in [0.15, 0.2) is 0 Å². The molecule has 0 aromatic carbocycles. The Balaban J connectivity index is 2.53. The maximum atomic E-state index is 2.48. The van der Waals surface area contributed by atoms with Gasteiger partial charge in [-0.15, -0.1) is 0 Å². The molecule has 0 amide bonds. The van der Waals surface area contributed by atoms with Gasteiger partial charge in [-0.25, -0.2) is 0 Å². The minimum atomic E-state index is -0.627. The molecule has 1 aromatic heterocycles. The molecular formula is C10H18AlN. The molecule has 0 saturated carbocycles. The van der Waals surface area contributed by atoms with E-state index in [0.29, 0.717) is 0 Å². The number of aromatic nitrogens is 1. The average molecular weight is 179 g/mol. The maximum Gasteiger partial charge on any atom is 0.417 e. The van der Waals surface area contributed by atoms with Crippen molar-refractivity contribution in [1.29, 1.82) is 0 Å². The molecule has 0 spiro atoms. The first-order valence-corrected chi connectivity index (χ1v) is 7.15. The number of hydrogen-bond acceptors (Lipinski definition) is 0. The molecule has 0 bridgehead atoms. The first-order valence-electron chi connectivity index (χ1n) is 5.01. The third kappa shape index (κ3) is 2.70. The van der Waals surface area contributed by atoms with Gasteiger partial charge in [0.2, 0.25) is 0 Å². The zero-order valence-corrected chi connectivity index (χ0v) is 9.32. The van der Waals surface area contributed by atoms with Gasteiger partial charge in [-0.3, -0.25) is 0 Å². The number of nitrogens with zero attached hydrogens (tertiary/aromatic N) is 1. The Morgan fingerprint density at radius 3 is 1.92 bits per heavy atom. The fraction of sp³-hybridized carbons (Fsp3) is 0.600. The molecule has 1 aromatic rings. The van der Waals surface area contributed by atoms with Crippen LogP contribution in [0, 0.1) is 0 Å². The summed E-state index contributed by atoms with van der Waals surface area (Å²) >= 11 is -0.627. The van der Waals surface area contributed by atoms with Crippen LogP contribution in [0.25, 0.3) is 0 Å². The van der Waals surface area contributed by atoms with Crippen molar-refractivity contribution in [3.05, 3.63) is 24.5 Å². The lowest BCUT2D eigenvalue weighted by Gasteiger charge is -2.10. The zero-order chi connectivity index (χ0) is 8.81. The second kappa shape index (κ2) is 5.46. The van der Waals surface area contributed by atoms with Gasteiger partial charge >= 0.3 is 14.4 Å². The molecule has 1 nitrogen and oxygen atoms in total. The van der Waals surface area contributed by atoms with E-state index in [9.17, 15) is 0 Å². The molecule has 0 aliphatic rings. The van der Waals surface area contributed by atoms with E-state index in [-0.39, 0.29) is 0 Å². The van der Waals surface area contributed by atoms with Gasteiger partial charge in [0.05, 0.1) is 0 Å². The van der Waals surface area contributed by atoms with E-state index < -0.39 is 14.4 Å². The molecule has 2 heteroatoms. The Morgan fingerprint density at radius 1 is 1.00 bits per heavy atom. The van der Waals surface area contributed by atoms with E-state index in [0.717, 1.165) is 0 Å². The lowest BCUT2D eigenvalue weighted by molar-refractivity contribution is 0.959. The van der Waals surface area contributed by atoms with Crippen LogP contribution in [-0.4, -0.2) is 17.9 Å². The van der Waals surface area contributed by atoms with E-state index in [4.69, 9.17) is 0 Å². The number of hydrogen-bond donors (Lipinski definition) is 0. The highest BCUT2D eigenvalue weighted by Crippen LogP contribution is 2.08. The Labute approximate surface area is 80.0 Å². The molecule has 0 saturated heterocycles. The second-order valence-electron chi connectivity index (χ2n) is 3.36. The van der Waals surface area contributed by atoms with Crippen molar-refractivity contribution < 1.29 is 0 Å². The van der Waals surface area contributed by atoms with Crippen LogP contribution in [0.1, 0.15) is 26.7 Å². The number of rotatable bonds is 5. The summed E-state index contributed by atoms with van der Waals surface area (Å²) in [6, 6.07) is 4.29. The molecule has 0 radical (unpaired) electrons. The smallest absolute Gasteiger partial charge is 0.417 e. The van der Waals surface area contributed by atoms with Gasteiger partial charge in [-0.05, 0) is 24.5 Å². The van der Waals surface area contributed by atoms with Crippen molar-refractivity contribution in [1.82, 2.24) is 3.55 Å². The van der Waals surface area contributed by atoms with E-state index >= 15 is 0 Å². The van der Waals surface area contributed by atoms with Crippen LogP contribution >= 0.6 is 0 Å². The fourth-order valence-electron chi connectivity index (χ4n) is 1.70. The van der Waals surface area contributed by atoms with E-state index in [1.165, 1.54) is 23.4 Å². The minimum Gasteiger partial charge on any atom is -0.446 e. The molecule has 0 atom stereocenters. The molecule has 0 aliphatic carbocycles. The van der Waals surface area contributed by atoms with Gasteiger partial charge in [0, 0.05) is 0 Å². The SMILES string of the molecule is CC[CH2][Al]([CH2]CC)[n]1cccc1. The Bertz CT molecular complexity index is 188. The van der Waals surface area contributed by atoms with Crippen LogP contribution in [0.4, 0.5) is 0 Å². The predicted octanol–water partition coefficient (Wildman–Crippen LogP) is 3.15. The molecule has 0 unspecified atom stereocenters. The van der Waals surface area contributed by atoms with E-state index in [1.54, 1.807) is 0 Å². The van der Waals surface area contributed by atoms with E-state index in [1.807, 2.05) is 0 Å². The third-order valence-electron chi connectivity index (χ3n) is 2.29. The second-order valence-corrected chi connectivity index (χ2v) is 6.42. The zero-order valence-electron chi connectivity index (χ0n) is 8.16. The van der Waals surface area contributed by atoms with Crippen LogP contribution in [-0.2, 0) is 0 Å². The van der Waals surface area contributed by atoms with Crippen LogP contribution < -0.4 is 0 Å². The van der Waals surface area contributed by atoms with Crippen LogP contribution in [0.3, 0.4) is 0 Å². The summed E-state index contributed by atoms with van der Waals surface area (Å²) in [6.45, 7) is 4.58. The van der Waals surface area contributed by atoms with Crippen molar-refractivity contribution in [3.63, 3.8) is 0 Å². The highest BCUT2D eigenvalue weighted by molar-refractivity contribution is 6.57. The monoisotopic (exact) mass is 179 g/mol. The summed E-state index contributed by atoms with van der Waals surface area (Å²) < 4.78 is 2.48. The maximum absolute atomic E-state index is 2.48. The Kier molecular flexibility index (Phi) is 4.50. The average Bonchev–Trinajstić information content (AvgIpc) is 2.56. The largest absolute Gasteiger partial charge is 0.446 e. The first-order chi connectivity index (χ1) is 5.88. The third-order valence-corrected chi connectivity index (χ3v) is 5.97. The lowest BCUT2D eigenvalue weighted by atomic mass is 10.6. The molecule has 0 fully saturated rings. The highest BCUT2D eigenvalue weighted by Gasteiger charge is 2.17. The first kappa shape index (κ1) is 9.90. The van der Waals surface area contributed by atoms with Crippen LogP contribution in [0.2, 0.25) is 10.6 Å². The molecule has 66 valence electrons. The van der Waals surface area contributed by atoms with Crippen LogP contribution in [0.5, 0.6) is 0 Å². The van der Waals surface area contributed by atoms with Gasteiger partial charge in [0.25, 0.3) is 0 Å². The summed E-state index contributed by atoms with van der Waals surface area (Å²) in [5, 5.41) is 2.89. The van der Waals surface area contributed by atoms with E-state index in [2.05, 4.69) is 41.9 Å². The molecule has 1 rings (SSSR count). The van der Waals surface area contributed by atoms with Crippen molar-refractivity contribution in [2.24, 2.45) is 0 Å². The minimum absolute atomic E-state index is 0.627. The van der Waals surface area contributed by atoms with Crippen molar-refractivity contribution in [3.8, 4) is 0 Å². The van der Waals surface area contributed by atoms with Crippen molar-refractivity contribution >= 4 is 14.4 Å². The van der Waals surface area contributed by atoms with Gasteiger partial charge in [-0.1, -0.05) is 37.3 Å². The van der Waals surface area contributed by atoms with Gasteiger partial charge < -0.3 is 3.55 Å². The van der Waals surface area contributed by atoms with Gasteiger partial charge in [0.1, 0.15) is 0 Å². The standard InChI is InChI=1S/C4H4N.2C3H7.Al/c1-2-4-5-3-1;2*1-3-2;/h1-4H;2*1,3H2,2H3;/q-1;;;+1. The summed E-state index contributed by atoms with van der Waals surface area (Å²) in [6.07, 6.45) is 7.16. The van der Waals surface area contributed by atoms with Gasteiger partial charge in [-0.2, -0.15) is 0 Å². The fourth-order valence-corrected chi connectivity index (χ4v) is 4.60. The van der Waals surface area contributed by atoms with Crippen LogP contribution in [0.15, 0.2) is 24.5 Å². The molecule has 12 heavy (non-hydrogen) atoms. The summed E-state index contributed by atoms with van der Waals surface area (Å²) in [5.74, 6) is 0. The Morgan fingerprint density at radius 2 is 1.50 bits per heavy atom. The summed E-state index contributed by atoms with van der Waals surface area (Å²) in [5.41, 5.74) is 0. The molecule has 0 aliphatic heterocycles. The molecule has 0 N–H and O–H groups in total. The summed E-state index contributed by atoms with van der Waals surface area (Å²) in [4.78, 5) is 0. The van der Waals surface area contributed by atoms with Crippen molar-refractivity contribution in [2.45, 2.75) is 37.3 Å². The molecule has 1 heterocycles. The molecular weight excluding hydrogens is 161 g/mol. The topological polar surface area (TPSA) is 4.93 Å². The highest BCUT2D eigenvalue weighted by atomic mass is 27.2. The quantitative estimate of drug-likeness (QED) is 0.612. The van der Waals surface area contributed by atoms with Crippen molar-refractivity contribution in [2.75, 3.05) is 0 Å². The summed E-state index contributed by atoms with van der Waals surface area (Å²) in [7, 11) is 0. The lowest BCUT2D eigenvalue weighted by Crippen LogP contribution is -2.21. The normalized spacial score (nSPS) is 10.2. The Hall–Kier alpha value is -0.188.